The molecule has 0 saturated carbocycles. The molecule has 0 atom stereocenters. The molecule has 0 radical (unpaired) electrons. The van der Waals surface area contributed by atoms with Crippen molar-refractivity contribution in [3.63, 3.8) is 0 Å². The first-order valence-electron chi connectivity index (χ1n) is 5.94. The van der Waals surface area contributed by atoms with Gasteiger partial charge in [0, 0.05) is 10.6 Å². The predicted octanol–water partition coefficient (Wildman–Crippen LogP) is 5.43. The van der Waals surface area contributed by atoms with E-state index in [0.717, 1.165) is 21.3 Å². The fourth-order valence-electron chi connectivity index (χ4n) is 1.76. The summed E-state index contributed by atoms with van der Waals surface area (Å²) in [7, 11) is 1.63. The topological polar surface area (TPSA) is 18.5 Å². The van der Waals surface area contributed by atoms with Crippen molar-refractivity contribution >= 4 is 39.1 Å². The summed E-state index contributed by atoms with van der Waals surface area (Å²) < 4.78 is 11.9. The van der Waals surface area contributed by atoms with Gasteiger partial charge in [-0.05, 0) is 45.8 Å². The third kappa shape index (κ3) is 3.60. The summed E-state index contributed by atoms with van der Waals surface area (Å²) in [6, 6.07) is 11.3. The Balaban J connectivity index is 2.13. The van der Waals surface area contributed by atoms with Crippen molar-refractivity contribution in [2.45, 2.75) is 12.5 Å². The molecule has 2 aromatic carbocycles. The average molecular weight is 376 g/mol. The maximum absolute atomic E-state index is 6.09. The van der Waals surface area contributed by atoms with Crippen LogP contribution in [0.1, 0.15) is 11.1 Å². The lowest BCUT2D eigenvalue weighted by molar-refractivity contribution is 0.303. The first-order valence-corrected chi connectivity index (χ1v) is 7.65. The van der Waals surface area contributed by atoms with Gasteiger partial charge in [-0.1, -0.05) is 23.7 Å². The lowest BCUT2D eigenvalue weighted by Gasteiger charge is -2.12. The van der Waals surface area contributed by atoms with Crippen molar-refractivity contribution in [2.75, 3.05) is 7.11 Å². The molecule has 0 unspecified atom stereocenters. The van der Waals surface area contributed by atoms with Gasteiger partial charge in [0.2, 0.25) is 0 Å². The van der Waals surface area contributed by atoms with Gasteiger partial charge in [0.15, 0.2) is 0 Å². The predicted molar refractivity (Wildman–Crippen MR) is 86.0 cm³/mol. The number of methoxy groups -OCH3 is 1. The molecular formula is C15H13BrCl2O2. The number of ether oxygens (including phenoxy) is 2. The van der Waals surface area contributed by atoms with Crippen LogP contribution >= 0.6 is 39.1 Å². The van der Waals surface area contributed by atoms with E-state index in [2.05, 4.69) is 15.9 Å². The molecule has 0 aliphatic carbocycles. The molecule has 20 heavy (non-hydrogen) atoms. The van der Waals surface area contributed by atoms with Gasteiger partial charge < -0.3 is 9.47 Å². The van der Waals surface area contributed by atoms with Crippen LogP contribution in [0.4, 0.5) is 0 Å². The Labute approximate surface area is 136 Å². The van der Waals surface area contributed by atoms with Crippen LogP contribution in [0.2, 0.25) is 5.02 Å². The molecule has 106 valence electrons. The Morgan fingerprint density at radius 1 is 1.15 bits per heavy atom. The molecule has 5 heteroatoms. The lowest BCUT2D eigenvalue weighted by atomic mass is 10.2. The van der Waals surface area contributed by atoms with Gasteiger partial charge in [0.05, 0.1) is 17.5 Å². The molecule has 0 aromatic heterocycles. The molecule has 0 aliphatic rings. The minimum absolute atomic E-state index is 0.321. The van der Waals surface area contributed by atoms with E-state index in [9.17, 15) is 0 Å². The second kappa shape index (κ2) is 7.21. The monoisotopic (exact) mass is 374 g/mol. The third-order valence-electron chi connectivity index (χ3n) is 2.82. The Kier molecular flexibility index (Phi) is 5.58. The summed E-state index contributed by atoms with van der Waals surface area (Å²) in [5.41, 5.74) is 1.83. The second-order valence-electron chi connectivity index (χ2n) is 4.11. The number of rotatable bonds is 5. The standard InChI is InChI=1S/C15H13BrCl2O2/c1-19-15-6-5-10(7-12(15)16)9-20-14-4-2-3-13(18)11(14)8-17/h2-7H,8-9H2,1H3. The van der Waals surface area contributed by atoms with Gasteiger partial charge >= 0.3 is 0 Å². The highest BCUT2D eigenvalue weighted by Gasteiger charge is 2.08. The van der Waals surface area contributed by atoms with Crippen LogP contribution in [0.15, 0.2) is 40.9 Å². The van der Waals surface area contributed by atoms with Crippen molar-refractivity contribution in [1.82, 2.24) is 0 Å². The van der Waals surface area contributed by atoms with Gasteiger partial charge in [-0.3, -0.25) is 0 Å². The zero-order valence-electron chi connectivity index (χ0n) is 10.8. The molecule has 0 bridgehead atoms. The largest absolute Gasteiger partial charge is 0.496 e. The Bertz CT molecular complexity index is 602. The number of hydrogen-bond acceptors (Lipinski definition) is 2. The van der Waals surface area contributed by atoms with E-state index in [-0.39, 0.29) is 0 Å². The van der Waals surface area contributed by atoms with Gasteiger partial charge in [-0.15, -0.1) is 11.6 Å². The van der Waals surface area contributed by atoms with Crippen molar-refractivity contribution in [2.24, 2.45) is 0 Å². The second-order valence-corrected chi connectivity index (χ2v) is 5.64. The summed E-state index contributed by atoms with van der Waals surface area (Å²) in [5, 5.41) is 0.619. The average Bonchev–Trinajstić information content (AvgIpc) is 2.45. The molecule has 0 saturated heterocycles. The molecule has 0 fully saturated rings. The summed E-state index contributed by atoms with van der Waals surface area (Å²) >= 11 is 15.4. The third-order valence-corrected chi connectivity index (χ3v) is 4.06. The maximum Gasteiger partial charge on any atom is 0.133 e. The summed E-state index contributed by atoms with van der Waals surface area (Å²) in [5.74, 6) is 1.82. The molecule has 2 nitrogen and oxygen atoms in total. The minimum Gasteiger partial charge on any atom is -0.496 e. The van der Waals surface area contributed by atoms with Gasteiger partial charge in [-0.2, -0.15) is 0 Å². The fourth-order valence-corrected chi connectivity index (χ4v) is 2.93. The van der Waals surface area contributed by atoms with Gasteiger partial charge in [-0.25, -0.2) is 0 Å². The Morgan fingerprint density at radius 3 is 2.60 bits per heavy atom. The quantitative estimate of drug-likeness (QED) is 0.648. The van der Waals surface area contributed by atoms with E-state index in [0.29, 0.717) is 23.3 Å². The smallest absolute Gasteiger partial charge is 0.133 e. The molecule has 2 rings (SSSR count). The van der Waals surface area contributed by atoms with Crippen LogP contribution in [0.5, 0.6) is 11.5 Å². The molecule has 0 aliphatic heterocycles. The first-order chi connectivity index (χ1) is 9.65. The van der Waals surface area contributed by atoms with Crippen LogP contribution in [-0.4, -0.2) is 7.11 Å². The highest BCUT2D eigenvalue weighted by molar-refractivity contribution is 9.10. The van der Waals surface area contributed by atoms with Crippen LogP contribution < -0.4 is 9.47 Å². The number of alkyl halides is 1. The molecular weight excluding hydrogens is 363 g/mol. The summed E-state index contributed by atoms with van der Waals surface area (Å²) in [6.07, 6.45) is 0. The van der Waals surface area contributed by atoms with Crippen LogP contribution in [-0.2, 0) is 12.5 Å². The van der Waals surface area contributed by atoms with E-state index in [1.54, 1.807) is 13.2 Å². The number of hydrogen-bond donors (Lipinski definition) is 0. The van der Waals surface area contributed by atoms with Crippen LogP contribution in [0, 0.1) is 0 Å². The maximum atomic E-state index is 6.09. The van der Waals surface area contributed by atoms with Crippen molar-refractivity contribution < 1.29 is 9.47 Å². The van der Waals surface area contributed by atoms with Crippen molar-refractivity contribution in [3.8, 4) is 11.5 Å². The first kappa shape index (κ1) is 15.5. The van der Waals surface area contributed by atoms with Crippen molar-refractivity contribution in [1.29, 1.82) is 0 Å². The summed E-state index contributed by atoms with van der Waals surface area (Å²) in [4.78, 5) is 0. The highest BCUT2D eigenvalue weighted by atomic mass is 79.9. The summed E-state index contributed by atoms with van der Waals surface area (Å²) in [6.45, 7) is 0.437. The Morgan fingerprint density at radius 2 is 1.95 bits per heavy atom. The highest BCUT2D eigenvalue weighted by Crippen LogP contribution is 2.30. The van der Waals surface area contributed by atoms with Crippen LogP contribution in [0.3, 0.4) is 0 Å². The van der Waals surface area contributed by atoms with Crippen molar-refractivity contribution in [3.05, 3.63) is 57.0 Å². The zero-order valence-corrected chi connectivity index (χ0v) is 13.9. The number of benzene rings is 2. The zero-order chi connectivity index (χ0) is 14.5. The minimum atomic E-state index is 0.321. The normalized spacial score (nSPS) is 10.4. The molecule has 0 spiro atoms. The van der Waals surface area contributed by atoms with E-state index in [1.165, 1.54) is 0 Å². The van der Waals surface area contributed by atoms with E-state index in [1.807, 2.05) is 30.3 Å². The van der Waals surface area contributed by atoms with E-state index in [4.69, 9.17) is 32.7 Å². The van der Waals surface area contributed by atoms with Gasteiger partial charge in [0.25, 0.3) is 0 Å². The lowest BCUT2D eigenvalue weighted by Crippen LogP contribution is -1.99. The van der Waals surface area contributed by atoms with E-state index >= 15 is 0 Å². The molecule has 0 heterocycles. The molecule has 0 amide bonds. The number of halogens is 3. The Hall–Kier alpha value is -0.900. The van der Waals surface area contributed by atoms with Crippen LogP contribution in [0.25, 0.3) is 0 Å². The van der Waals surface area contributed by atoms with Gasteiger partial charge in [0.1, 0.15) is 18.1 Å². The van der Waals surface area contributed by atoms with E-state index < -0.39 is 0 Å². The fraction of sp³-hybridized carbons (Fsp3) is 0.200. The SMILES string of the molecule is COc1ccc(COc2cccc(Cl)c2CCl)cc1Br. The molecule has 0 N–H and O–H groups in total. The molecule has 2 aromatic rings.